The van der Waals surface area contributed by atoms with Crippen LogP contribution in [0.25, 0.3) is 0 Å². The van der Waals surface area contributed by atoms with E-state index in [1.165, 1.54) is 6.42 Å². The lowest BCUT2D eigenvalue weighted by Crippen LogP contribution is -2.64. The van der Waals surface area contributed by atoms with Crippen molar-refractivity contribution in [2.45, 2.75) is 82.0 Å². The highest BCUT2D eigenvalue weighted by molar-refractivity contribution is 5.84. The van der Waals surface area contributed by atoms with Crippen LogP contribution in [0.2, 0.25) is 0 Å². The molecule has 1 amide bonds. The molecule has 0 aromatic carbocycles. The number of rotatable bonds is 2. The highest BCUT2D eigenvalue weighted by Gasteiger charge is 2.62. The first-order valence-corrected chi connectivity index (χ1v) is 9.03. The summed E-state index contributed by atoms with van der Waals surface area (Å²) in [5.74, 6) is 1.58. The summed E-state index contributed by atoms with van der Waals surface area (Å²) in [5.41, 5.74) is 5.76. The summed E-state index contributed by atoms with van der Waals surface area (Å²) in [5, 5.41) is 10.9. The van der Waals surface area contributed by atoms with E-state index in [-0.39, 0.29) is 17.4 Å². The van der Waals surface area contributed by atoms with Gasteiger partial charge in [0.25, 0.3) is 0 Å². The average Bonchev–Trinajstić information content (AvgIpc) is 3.06. The molecule has 5 saturated carbocycles. The fourth-order valence-electron chi connectivity index (χ4n) is 6.94. The third kappa shape index (κ3) is 1.74. The van der Waals surface area contributed by atoms with Crippen molar-refractivity contribution in [1.82, 2.24) is 4.90 Å². The Morgan fingerprint density at radius 1 is 1.27 bits per heavy atom. The molecule has 6 rings (SSSR count). The topological polar surface area (TPSA) is 66.6 Å². The Balaban J connectivity index is 1.44. The van der Waals surface area contributed by atoms with Gasteiger partial charge in [-0.1, -0.05) is 0 Å². The molecule has 1 saturated heterocycles. The number of hydrogen-bond donors (Lipinski definition) is 2. The van der Waals surface area contributed by atoms with Crippen LogP contribution in [0.5, 0.6) is 0 Å². The molecule has 0 radical (unpaired) electrons. The molecule has 6 fully saturated rings. The summed E-state index contributed by atoms with van der Waals surface area (Å²) in [7, 11) is 0. The Kier molecular flexibility index (Phi) is 2.36. The van der Waals surface area contributed by atoms with Crippen molar-refractivity contribution < 1.29 is 11.3 Å². The van der Waals surface area contributed by atoms with Crippen molar-refractivity contribution in [2.75, 3.05) is 0 Å². The van der Waals surface area contributed by atoms with Crippen LogP contribution in [0.1, 0.15) is 59.7 Å². The minimum Gasteiger partial charge on any atom is -0.390 e. The van der Waals surface area contributed by atoms with Gasteiger partial charge in [0.2, 0.25) is 5.91 Å². The zero-order chi connectivity index (χ0) is 16.2. The summed E-state index contributed by atoms with van der Waals surface area (Å²) in [6.07, 6.45) is 7.53. The lowest BCUT2D eigenvalue weighted by Gasteiger charge is -2.61. The van der Waals surface area contributed by atoms with Gasteiger partial charge in [0.05, 0.1) is 13.0 Å². The zero-order valence-electron chi connectivity index (χ0n) is 14.4. The molecule has 4 bridgehead atoms. The molecule has 122 valence electrons. The molecule has 22 heavy (non-hydrogen) atoms. The van der Waals surface area contributed by atoms with Gasteiger partial charge < -0.3 is 15.7 Å². The van der Waals surface area contributed by atoms with Gasteiger partial charge in [-0.15, -0.1) is 0 Å². The van der Waals surface area contributed by atoms with Crippen LogP contribution in [-0.4, -0.2) is 39.6 Å². The minimum absolute atomic E-state index is 0.0157. The summed E-state index contributed by atoms with van der Waals surface area (Å²) in [4.78, 5) is 15.0. The number of nitrogens with zero attached hydrogens (tertiary/aromatic N) is 1. The Labute approximate surface area is 133 Å². The van der Waals surface area contributed by atoms with Gasteiger partial charge >= 0.3 is 0 Å². The molecule has 0 aromatic heterocycles. The maximum Gasteiger partial charge on any atom is 0.240 e. The monoisotopic (exact) mass is 305 g/mol. The lowest BCUT2D eigenvalue weighted by molar-refractivity contribution is -0.177. The molecule has 4 nitrogen and oxygen atoms in total. The number of carbonyl (C=O) groups excluding carboxylic acids is 1. The number of aliphatic hydroxyl groups is 1. The predicted octanol–water partition coefficient (Wildman–Crippen LogP) is 1.65. The minimum atomic E-state index is -0.790. The van der Waals surface area contributed by atoms with Crippen LogP contribution in [0.3, 0.4) is 0 Å². The lowest BCUT2D eigenvalue weighted by atomic mass is 9.46. The predicted molar refractivity (Wildman–Crippen MR) is 82.9 cm³/mol. The first-order valence-electron chi connectivity index (χ1n) is 9.53. The second kappa shape index (κ2) is 4.07. The second-order valence-electron chi connectivity index (χ2n) is 9.24. The Morgan fingerprint density at radius 3 is 2.50 bits per heavy atom. The van der Waals surface area contributed by atoms with Crippen molar-refractivity contribution in [1.29, 1.82) is 0 Å². The van der Waals surface area contributed by atoms with Crippen molar-refractivity contribution in [2.24, 2.45) is 28.9 Å². The van der Waals surface area contributed by atoms with Crippen LogP contribution in [-0.2, 0) is 4.79 Å². The zero-order valence-corrected chi connectivity index (χ0v) is 13.4. The first kappa shape index (κ1) is 12.8. The quantitative estimate of drug-likeness (QED) is 0.815. The SMILES string of the molecule is [2H][C@@]1(C)C[C@@H]2C[C@@H]2N1C(=O)[C@@H](N)C12CC3CC(CC(O)(C3)C1)C2. The normalized spacial score (nSPS) is 60.1. The summed E-state index contributed by atoms with van der Waals surface area (Å²) < 4.78 is 8.50. The first-order chi connectivity index (χ1) is 10.7. The van der Waals surface area contributed by atoms with Crippen molar-refractivity contribution >= 4 is 5.91 Å². The third-order valence-electron chi connectivity index (χ3n) is 7.42. The van der Waals surface area contributed by atoms with E-state index < -0.39 is 17.7 Å². The Morgan fingerprint density at radius 2 is 1.95 bits per heavy atom. The molecule has 5 aliphatic carbocycles. The average molecular weight is 305 g/mol. The van der Waals surface area contributed by atoms with Gasteiger partial charge in [-0.25, -0.2) is 0 Å². The van der Waals surface area contributed by atoms with Crippen molar-refractivity contribution in [3.8, 4) is 0 Å². The van der Waals surface area contributed by atoms with Gasteiger partial charge in [-0.05, 0) is 81.5 Å². The van der Waals surface area contributed by atoms with Crippen molar-refractivity contribution in [3.05, 3.63) is 0 Å². The van der Waals surface area contributed by atoms with E-state index in [1.807, 2.05) is 6.92 Å². The maximum atomic E-state index is 13.2. The Bertz CT molecular complexity index is 563. The number of likely N-dealkylation sites (tertiary alicyclic amines) is 1. The number of fused-ring (bicyclic) bond motifs is 1. The van der Waals surface area contributed by atoms with Crippen molar-refractivity contribution in [3.63, 3.8) is 0 Å². The molecule has 1 aliphatic heterocycles. The fourth-order valence-corrected chi connectivity index (χ4v) is 6.94. The van der Waals surface area contributed by atoms with Gasteiger partial charge in [0, 0.05) is 12.1 Å². The van der Waals surface area contributed by atoms with E-state index in [0.29, 0.717) is 24.2 Å². The third-order valence-corrected chi connectivity index (χ3v) is 7.42. The molecule has 4 heteroatoms. The van der Waals surface area contributed by atoms with E-state index >= 15 is 0 Å². The van der Waals surface area contributed by atoms with Gasteiger partial charge in [0.1, 0.15) is 0 Å². The smallest absolute Gasteiger partial charge is 0.240 e. The van der Waals surface area contributed by atoms with Crippen LogP contribution in [0.4, 0.5) is 0 Å². The molecule has 1 heterocycles. The van der Waals surface area contributed by atoms with E-state index in [9.17, 15) is 9.90 Å². The van der Waals surface area contributed by atoms with E-state index in [2.05, 4.69) is 0 Å². The molecule has 6 atom stereocenters. The molecular weight excluding hydrogens is 276 g/mol. The number of hydrogen-bond acceptors (Lipinski definition) is 3. The van der Waals surface area contributed by atoms with E-state index in [0.717, 1.165) is 38.5 Å². The number of amides is 1. The molecule has 2 unspecified atom stereocenters. The van der Waals surface area contributed by atoms with E-state index in [4.69, 9.17) is 7.10 Å². The highest BCUT2D eigenvalue weighted by atomic mass is 16.3. The number of carbonyl (C=O) groups is 1. The number of piperidine rings is 1. The molecule has 6 aliphatic rings. The van der Waals surface area contributed by atoms with Gasteiger partial charge in [0.15, 0.2) is 0 Å². The fraction of sp³-hybridized carbons (Fsp3) is 0.944. The Hall–Kier alpha value is -0.610. The highest BCUT2D eigenvalue weighted by Crippen LogP contribution is 2.63. The molecular formula is C18H28N2O2. The summed E-state index contributed by atoms with van der Waals surface area (Å²) in [6.45, 7) is 1.86. The number of nitrogens with two attached hydrogens (primary N) is 1. The summed E-state index contributed by atoms with van der Waals surface area (Å²) >= 11 is 0. The second-order valence-corrected chi connectivity index (χ2v) is 9.24. The largest absolute Gasteiger partial charge is 0.390 e. The summed E-state index contributed by atoms with van der Waals surface area (Å²) in [6, 6.07) is -1.07. The molecule has 3 N–H and O–H groups in total. The van der Waals surface area contributed by atoms with Crippen LogP contribution >= 0.6 is 0 Å². The molecule has 0 aromatic rings. The van der Waals surface area contributed by atoms with Gasteiger partial charge in [-0.2, -0.15) is 0 Å². The van der Waals surface area contributed by atoms with Crippen LogP contribution < -0.4 is 5.73 Å². The van der Waals surface area contributed by atoms with Crippen LogP contribution in [0.15, 0.2) is 0 Å². The standard InChI is InChI=1S/C18H28N2O2/c1-10-2-13-4-14(13)20(10)16(21)15(19)17-5-11-3-12(6-17)8-18(22,7-11)9-17/h10-15,22H,2-9,19H2,1H3/t10-,11?,12?,13-,14+,15-,17?,18?/m1/s1/i10D. The molecule has 0 spiro atoms. The van der Waals surface area contributed by atoms with Crippen LogP contribution in [0, 0.1) is 23.2 Å². The maximum absolute atomic E-state index is 13.2. The van der Waals surface area contributed by atoms with E-state index in [1.54, 1.807) is 4.90 Å². The van der Waals surface area contributed by atoms with Gasteiger partial charge in [-0.3, -0.25) is 4.79 Å².